The smallest absolute Gasteiger partial charge is 0.226 e. The lowest BCUT2D eigenvalue weighted by atomic mass is 10.0. The number of methoxy groups -OCH3 is 2. The van der Waals surface area contributed by atoms with Crippen molar-refractivity contribution in [1.82, 2.24) is 9.97 Å². The molecule has 164 valence electrons. The molecular formula is C24H24N4O3S. The van der Waals surface area contributed by atoms with E-state index in [1.54, 1.807) is 50.1 Å². The van der Waals surface area contributed by atoms with Crippen LogP contribution in [0.3, 0.4) is 0 Å². The highest BCUT2D eigenvalue weighted by molar-refractivity contribution is 7.19. The molecule has 4 rings (SSSR count). The number of anilines is 2. The molecular weight excluding hydrogens is 424 g/mol. The van der Waals surface area contributed by atoms with Crippen molar-refractivity contribution in [2.75, 3.05) is 31.4 Å². The van der Waals surface area contributed by atoms with Gasteiger partial charge in [-0.2, -0.15) is 0 Å². The van der Waals surface area contributed by atoms with E-state index in [4.69, 9.17) is 9.47 Å². The lowest BCUT2D eigenvalue weighted by Gasteiger charge is -2.11. The Hall–Kier alpha value is -3.65. The quantitative estimate of drug-likeness (QED) is 0.389. The zero-order chi connectivity index (χ0) is 22.5. The van der Waals surface area contributed by atoms with Crippen LogP contribution in [0.5, 0.6) is 11.5 Å². The van der Waals surface area contributed by atoms with E-state index in [0.29, 0.717) is 23.7 Å². The Bertz CT molecular complexity index is 1240. The number of aryl methyl sites for hydroxylation is 1. The fraction of sp³-hybridized carbons (Fsp3) is 0.208. The van der Waals surface area contributed by atoms with Crippen molar-refractivity contribution < 1.29 is 14.3 Å². The van der Waals surface area contributed by atoms with Gasteiger partial charge in [0.15, 0.2) is 11.5 Å². The van der Waals surface area contributed by atoms with Crippen LogP contribution in [0.25, 0.3) is 21.3 Å². The summed E-state index contributed by atoms with van der Waals surface area (Å²) in [5, 5.41) is 7.19. The van der Waals surface area contributed by atoms with Gasteiger partial charge in [0.2, 0.25) is 5.91 Å². The summed E-state index contributed by atoms with van der Waals surface area (Å²) in [5.41, 5.74) is 2.90. The standard InChI is InChI=1S/C24H24N4O3S/c1-15-21(16-7-5-4-6-8-16)22-23(26-14-27-24(22)32-15)25-12-11-20(29)28-17-9-10-18(30-2)19(13-17)31-3/h4-10,13-14H,11-12H2,1-3H3,(H,28,29)(H,25,26,27). The van der Waals surface area contributed by atoms with Crippen molar-refractivity contribution in [3.63, 3.8) is 0 Å². The molecule has 0 bridgehead atoms. The molecule has 4 aromatic rings. The van der Waals surface area contributed by atoms with Crippen molar-refractivity contribution in [2.24, 2.45) is 0 Å². The largest absolute Gasteiger partial charge is 0.493 e. The molecule has 2 aromatic carbocycles. The number of fused-ring (bicyclic) bond motifs is 1. The normalized spacial score (nSPS) is 10.7. The van der Waals surface area contributed by atoms with Gasteiger partial charge in [-0.1, -0.05) is 30.3 Å². The van der Waals surface area contributed by atoms with E-state index < -0.39 is 0 Å². The number of hydrogen-bond acceptors (Lipinski definition) is 7. The van der Waals surface area contributed by atoms with Gasteiger partial charge in [0.05, 0.1) is 19.6 Å². The first-order valence-electron chi connectivity index (χ1n) is 10.2. The average Bonchev–Trinajstić information content (AvgIpc) is 3.16. The number of thiophene rings is 1. The van der Waals surface area contributed by atoms with E-state index in [2.05, 4.69) is 39.7 Å². The minimum atomic E-state index is -0.111. The van der Waals surface area contributed by atoms with E-state index in [0.717, 1.165) is 27.2 Å². The highest BCUT2D eigenvalue weighted by Crippen LogP contribution is 2.40. The molecule has 0 aliphatic rings. The number of aromatic nitrogens is 2. The monoisotopic (exact) mass is 448 g/mol. The number of nitrogens with zero attached hydrogens (tertiary/aromatic N) is 2. The van der Waals surface area contributed by atoms with Crippen LogP contribution in [-0.4, -0.2) is 36.6 Å². The SMILES string of the molecule is COc1ccc(NC(=O)CCNc2ncnc3sc(C)c(-c4ccccc4)c23)cc1OC. The molecule has 0 saturated carbocycles. The van der Waals surface area contributed by atoms with Gasteiger partial charge in [-0.15, -0.1) is 11.3 Å². The van der Waals surface area contributed by atoms with Crippen LogP contribution in [-0.2, 0) is 4.79 Å². The molecule has 0 aliphatic heterocycles. The third-order valence-electron chi connectivity index (χ3n) is 5.04. The Balaban J connectivity index is 1.46. The summed E-state index contributed by atoms with van der Waals surface area (Å²) >= 11 is 1.64. The summed E-state index contributed by atoms with van der Waals surface area (Å²) < 4.78 is 10.5. The van der Waals surface area contributed by atoms with Gasteiger partial charge in [0, 0.05) is 35.2 Å². The van der Waals surface area contributed by atoms with E-state index >= 15 is 0 Å². The lowest BCUT2D eigenvalue weighted by Crippen LogP contribution is -2.16. The number of amides is 1. The predicted octanol–water partition coefficient (Wildman–Crippen LogP) is 5.12. The van der Waals surface area contributed by atoms with Gasteiger partial charge in [-0.25, -0.2) is 9.97 Å². The number of hydrogen-bond donors (Lipinski definition) is 2. The van der Waals surface area contributed by atoms with Gasteiger partial charge in [0.25, 0.3) is 0 Å². The number of carbonyl (C=O) groups excluding carboxylic acids is 1. The fourth-order valence-electron chi connectivity index (χ4n) is 3.56. The second-order valence-corrected chi connectivity index (χ2v) is 8.30. The van der Waals surface area contributed by atoms with Gasteiger partial charge in [0.1, 0.15) is 17.0 Å². The van der Waals surface area contributed by atoms with Crippen LogP contribution in [0.15, 0.2) is 54.9 Å². The molecule has 0 unspecified atom stereocenters. The Morgan fingerprint density at radius 3 is 2.56 bits per heavy atom. The Morgan fingerprint density at radius 2 is 1.81 bits per heavy atom. The first-order valence-corrected chi connectivity index (χ1v) is 11.0. The van der Waals surface area contributed by atoms with E-state index in [1.807, 2.05) is 18.2 Å². The van der Waals surface area contributed by atoms with Crippen LogP contribution in [0.1, 0.15) is 11.3 Å². The van der Waals surface area contributed by atoms with E-state index in [-0.39, 0.29) is 12.3 Å². The van der Waals surface area contributed by atoms with E-state index in [1.165, 1.54) is 4.88 Å². The molecule has 0 saturated heterocycles. The van der Waals surface area contributed by atoms with Crippen LogP contribution in [0.2, 0.25) is 0 Å². The van der Waals surface area contributed by atoms with Crippen molar-refractivity contribution >= 4 is 39.0 Å². The van der Waals surface area contributed by atoms with Crippen molar-refractivity contribution in [1.29, 1.82) is 0 Å². The molecule has 0 atom stereocenters. The number of benzene rings is 2. The topological polar surface area (TPSA) is 85.4 Å². The van der Waals surface area contributed by atoms with Gasteiger partial charge < -0.3 is 20.1 Å². The minimum absolute atomic E-state index is 0.111. The molecule has 0 fully saturated rings. The van der Waals surface area contributed by atoms with Crippen LogP contribution >= 0.6 is 11.3 Å². The lowest BCUT2D eigenvalue weighted by molar-refractivity contribution is -0.115. The molecule has 7 nitrogen and oxygen atoms in total. The predicted molar refractivity (Wildman–Crippen MR) is 129 cm³/mol. The van der Waals surface area contributed by atoms with Crippen molar-refractivity contribution in [3.8, 4) is 22.6 Å². The zero-order valence-corrected chi connectivity index (χ0v) is 19.0. The third kappa shape index (κ3) is 4.50. The molecule has 0 spiro atoms. The number of rotatable bonds is 8. The summed E-state index contributed by atoms with van der Waals surface area (Å²) in [7, 11) is 3.13. The molecule has 8 heteroatoms. The van der Waals surface area contributed by atoms with Crippen LogP contribution in [0.4, 0.5) is 11.5 Å². The highest BCUT2D eigenvalue weighted by atomic mass is 32.1. The molecule has 2 aromatic heterocycles. The summed E-state index contributed by atoms with van der Waals surface area (Å²) in [5.74, 6) is 1.80. The van der Waals surface area contributed by atoms with Crippen LogP contribution in [0, 0.1) is 6.92 Å². The average molecular weight is 449 g/mol. The Labute approximate surface area is 190 Å². The van der Waals surface area contributed by atoms with Crippen molar-refractivity contribution in [2.45, 2.75) is 13.3 Å². The summed E-state index contributed by atoms with van der Waals surface area (Å²) in [6.07, 6.45) is 1.84. The van der Waals surface area contributed by atoms with Gasteiger partial charge in [-0.3, -0.25) is 4.79 Å². The van der Waals surface area contributed by atoms with Gasteiger partial charge in [-0.05, 0) is 24.6 Å². The number of ether oxygens (including phenoxy) is 2. The maximum Gasteiger partial charge on any atom is 0.226 e. The Kier molecular flexibility index (Phi) is 6.51. The highest BCUT2D eigenvalue weighted by Gasteiger charge is 2.16. The first kappa shape index (κ1) is 21.6. The maximum atomic E-state index is 12.5. The number of carbonyl (C=O) groups is 1. The third-order valence-corrected chi connectivity index (χ3v) is 6.05. The molecule has 2 heterocycles. The van der Waals surface area contributed by atoms with E-state index in [9.17, 15) is 4.79 Å². The number of nitrogens with one attached hydrogen (secondary N) is 2. The maximum absolute atomic E-state index is 12.5. The minimum Gasteiger partial charge on any atom is -0.493 e. The molecule has 1 amide bonds. The summed E-state index contributed by atoms with van der Waals surface area (Å²) in [6, 6.07) is 15.5. The Morgan fingerprint density at radius 1 is 1.03 bits per heavy atom. The first-order chi connectivity index (χ1) is 15.6. The molecule has 0 aliphatic carbocycles. The second kappa shape index (κ2) is 9.65. The van der Waals surface area contributed by atoms with Gasteiger partial charge >= 0.3 is 0 Å². The van der Waals surface area contributed by atoms with Crippen molar-refractivity contribution in [3.05, 3.63) is 59.7 Å². The second-order valence-electron chi connectivity index (χ2n) is 7.10. The fourth-order valence-corrected chi connectivity index (χ4v) is 4.58. The zero-order valence-electron chi connectivity index (χ0n) is 18.1. The summed E-state index contributed by atoms with van der Waals surface area (Å²) in [6.45, 7) is 2.53. The molecule has 0 radical (unpaired) electrons. The molecule has 2 N–H and O–H groups in total. The summed E-state index contributed by atoms with van der Waals surface area (Å²) in [4.78, 5) is 23.5. The van der Waals surface area contributed by atoms with Crippen LogP contribution < -0.4 is 20.1 Å². The molecule has 32 heavy (non-hydrogen) atoms.